The highest BCUT2D eigenvalue weighted by molar-refractivity contribution is 5.44. The zero-order valence-electron chi connectivity index (χ0n) is 13.5. The van der Waals surface area contributed by atoms with E-state index >= 15 is 0 Å². The molecule has 0 saturated carbocycles. The molecule has 0 spiro atoms. The Hall–Kier alpha value is -2.36. The zero-order chi connectivity index (χ0) is 15.9. The summed E-state index contributed by atoms with van der Waals surface area (Å²) in [5.74, 6) is 3.12. The first-order chi connectivity index (χ1) is 10.7. The Kier molecular flexibility index (Phi) is 5.53. The quantitative estimate of drug-likeness (QED) is 0.725. The lowest BCUT2D eigenvalue weighted by molar-refractivity contribution is 0.118. The van der Waals surface area contributed by atoms with Gasteiger partial charge in [0.25, 0.3) is 0 Å². The molecule has 4 heteroatoms. The first kappa shape index (κ1) is 16.0. The van der Waals surface area contributed by atoms with Gasteiger partial charge in [-0.1, -0.05) is 19.1 Å². The lowest BCUT2D eigenvalue weighted by Crippen LogP contribution is -2.07. The van der Waals surface area contributed by atoms with Gasteiger partial charge in [0.1, 0.15) is 23.0 Å². The van der Waals surface area contributed by atoms with E-state index in [1.54, 1.807) is 14.2 Å². The molecule has 0 atom stereocenters. The normalized spacial score (nSPS) is 10.2. The molecule has 0 radical (unpaired) electrons. The number of benzene rings is 2. The molecule has 2 aromatic carbocycles. The first-order valence-electron chi connectivity index (χ1n) is 7.25. The Morgan fingerprint density at radius 2 is 1.59 bits per heavy atom. The minimum Gasteiger partial charge on any atom is -0.496 e. The maximum absolute atomic E-state index is 5.74. The van der Waals surface area contributed by atoms with Gasteiger partial charge in [-0.15, -0.1) is 0 Å². The number of ether oxygens (including phenoxy) is 4. The lowest BCUT2D eigenvalue weighted by atomic mass is 10.1. The van der Waals surface area contributed by atoms with Crippen molar-refractivity contribution in [2.24, 2.45) is 0 Å². The van der Waals surface area contributed by atoms with Gasteiger partial charge in [-0.05, 0) is 37.1 Å². The number of rotatable bonds is 7. The van der Waals surface area contributed by atoms with Crippen LogP contribution in [0.25, 0.3) is 0 Å². The Balaban J connectivity index is 2.02. The minimum atomic E-state index is 0.131. The van der Waals surface area contributed by atoms with Crippen LogP contribution in [-0.2, 0) is 6.42 Å². The van der Waals surface area contributed by atoms with Gasteiger partial charge in [-0.3, -0.25) is 0 Å². The number of hydrogen-bond donors (Lipinski definition) is 0. The van der Waals surface area contributed by atoms with Crippen LogP contribution in [0.1, 0.15) is 18.1 Å². The molecule has 0 saturated heterocycles. The van der Waals surface area contributed by atoms with E-state index in [0.29, 0.717) is 5.75 Å². The first-order valence-corrected chi connectivity index (χ1v) is 7.25. The van der Waals surface area contributed by atoms with Crippen LogP contribution >= 0.6 is 0 Å². The van der Waals surface area contributed by atoms with Gasteiger partial charge in [0.2, 0.25) is 6.79 Å². The molecule has 4 nitrogen and oxygen atoms in total. The SMILES string of the molecule is CCc1c(OC)cccc1OCOc1ccc(C)c(OC)c1. The Morgan fingerprint density at radius 3 is 2.27 bits per heavy atom. The smallest absolute Gasteiger partial charge is 0.230 e. The summed E-state index contributed by atoms with van der Waals surface area (Å²) in [4.78, 5) is 0. The average Bonchev–Trinajstić information content (AvgIpc) is 2.55. The molecule has 2 aromatic rings. The van der Waals surface area contributed by atoms with Crippen LogP contribution in [0.3, 0.4) is 0 Å². The highest BCUT2D eigenvalue weighted by Crippen LogP contribution is 2.29. The molecule has 0 unspecified atom stereocenters. The Labute approximate surface area is 131 Å². The fourth-order valence-corrected chi connectivity index (χ4v) is 2.27. The number of aryl methyl sites for hydroxylation is 1. The molecule has 118 valence electrons. The molecular weight excluding hydrogens is 280 g/mol. The molecule has 22 heavy (non-hydrogen) atoms. The predicted octanol–water partition coefficient (Wildman–Crippen LogP) is 3.99. The van der Waals surface area contributed by atoms with Gasteiger partial charge in [-0.2, -0.15) is 0 Å². The van der Waals surface area contributed by atoms with Crippen molar-refractivity contribution >= 4 is 0 Å². The van der Waals surface area contributed by atoms with Gasteiger partial charge in [0.05, 0.1) is 14.2 Å². The second kappa shape index (κ2) is 7.59. The van der Waals surface area contributed by atoms with Crippen molar-refractivity contribution in [1.29, 1.82) is 0 Å². The second-order valence-corrected chi connectivity index (χ2v) is 4.83. The highest BCUT2D eigenvalue weighted by atomic mass is 16.7. The summed E-state index contributed by atoms with van der Waals surface area (Å²) in [6.45, 7) is 4.19. The predicted molar refractivity (Wildman–Crippen MR) is 86.2 cm³/mol. The standard InChI is InChI=1S/C18H22O4/c1-5-15-16(19-3)7-6-8-17(15)22-12-21-14-10-9-13(2)18(11-14)20-4/h6-11H,5,12H2,1-4H3. The van der Waals surface area contributed by atoms with E-state index in [2.05, 4.69) is 6.92 Å². The van der Waals surface area contributed by atoms with Crippen LogP contribution in [0.2, 0.25) is 0 Å². The van der Waals surface area contributed by atoms with E-state index in [1.165, 1.54) is 0 Å². The average molecular weight is 302 g/mol. The molecule has 0 aliphatic heterocycles. The summed E-state index contributed by atoms with van der Waals surface area (Å²) in [5.41, 5.74) is 2.10. The zero-order valence-corrected chi connectivity index (χ0v) is 13.5. The topological polar surface area (TPSA) is 36.9 Å². The Morgan fingerprint density at radius 1 is 0.864 bits per heavy atom. The third kappa shape index (κ3) is 3.64. The van der Waals surface area contributed by atoms with Crippen LogP contribution in [0.15, 0.2) is 36.4 Å². The van der Waals surface area contributed by atoms with E-state index in [-0.39, 0.29) is 6.79 Å². The van der Waals surface area contributed by atoms with Gasteiger partial charge < -0.3 is 18.9 Å². The van der Waals surface area contributed by atoms with Gasteiger partial charge in [0.15, 0.2) is 0 Å². The van der Waals surface area contributed by atoms with E-state index in [9.17, 15) is 0 Å². The second-order valence-electron chi connectivity index (χ2n) is 4.83. The summed E-state index contributed by atoms with van der Waals surface area (Å²) in [6, 6.07) is 11.5. The van der Waals surface area contributed by atoms with E-state index in [0.717, 1.165) is 34.8 Å². The van der Waals surface area contributed by atoms with Crippen molar-refractivity contribution in [3.8, 4) is 23.0 Å². The summed E-state index contributed by atoms with van der Waals surface area (Å²) in [6.07, 6.45) is 0.831. The summed E-state index contributed by atoms with van der Waals surface area (Å²) < 4.78 is 22.0. The van der Waals surface area contributed by atoms with Gasteiger partial charge >= 0.3 is 0 Å². The molecule has 0 amide bonds. The molecular formula is C18H22O4. The molecule has 0 fully saturated rings. The van der Waals surface area contributed by atoms with Crippen molar-refractivity contribution in [3.63, 3.8) is 0 Å². The summed E-state index contributed by atoms with van der Waals surface area (Å²) >= 11 is 0. The van der Waals surface area contributed by atoms with E-state index in [1.807, 2.05) is 43.3 Å². The molecule has 0 heterocycles. The van der Waals surface area contributed by atoms with Crippen molar-refractivity contribution in [3.05, 3.63) is 47.5 Å². The van der Waals surface area contributed by atoms with Crippen LogP contribution in [0, 0.1) is 6.92 Å². The molecule has 0 aliphatic carbocycles. The van der Waals surface area contributed by atoms with Crippen molar-refractivity contribution in [2.45, 2.75) is 20.3 Å². The number of hydrogen-bond acceptors (Lipinski definition) is 4. The summed E-state index contributed by atoms with van der Waals surface area (Å²) in [5, 5.41) is 0. The molecule has 0 aromatic heterocycles. The number of methoxy groups -OCH3 is 2. The van der Waals surface area contributed by atoms with E-state index in [4.69, 9.17) is 18.9 Å². The highest BCUT2D eigenvalue weighted by Gasteiger charge is 2.08. The summed E-state index contributed by atoms with van der Waals surface area (Å²) in [7, 11) is 3.31. The maximum Gasteiger partial charge on any atom is 0.230 e. The van der Waals surface area contributed by atoms with Crippen LogP contribution in [0.4, 0.5) is 0 Å². The third-order valence-electron chi connectivity index (χ3n) is 3.48. The van der Waals surface area contributed by atoms with Gasteiger partial charge in [0, 0.05) is 11.6 Å². The van der Waals surface area contributed by atoms with Crippen LogP contribution < -0.4 is 18.9 Å². The molecule has 0 aliphatic rings. The minimum absolute atomic E-state index is 0.131. The molecule has 2 rings (SSSR count). The van der Waals surface area contributed by atoms with E-state index < -0.39 is 0 Å². The Bertz CT molecular complexity index is 622. The largest absolute Gasteiger partial charge is 0.496 e. The van der Waals surface area contributed by atoms with Crippen molar-refractivity contribution in [2.75, 3.05) is 21.0 Å². The maximum atomic E-state index is 5.74. The monoisotopic (exact) mass is 302 g/mol. The van der Waals surface area contributed by atoms with Crippen molar-refractivity contribution in [1.82, 2.24) is 0 Å². The lowest BCUT2D eigenvalue weighted by Gasteiger charge is -2.14. The van der Waals surface area contributed by atoms with Crippen LogP contribution in [-0.4, -0.2) is 21.0 Å². The van der Waals surface area contributed by atoms with Crippen molar-refractivity contribution < 1.29 is 18.9 Å². The molecule has 0 N–H and O–H groups in total. The third-order valence-corrected chi connectivity index (χ3v) is 3.48. The van der Waals surface area contributed by atoms with Crippen LogP contribution in [0.5, 0.6) is 23.0 Å². The fraction of sp³-hybridized carbons (Fsp3) is 0.333. The fourth-order valence-electron chi connectivity index (χ4n) is 2.27. The molecule has 0 bridgehead atoms. The van der Waals surface area contributed by atoms with Gasteiger partial charge in [-0.25, -0.2) is 0 Å².